The summed E-state index contributed by atoms with van der Waals surface area (Å²) in [4.78, 5) is 22.7. The van der Waals surface area contributed by atoms with Gasteiger partial charge in [-0.05, 0) is 43.0 Å². The third-order valence-electron chi connectivity index (χ3n) is 6.43. The van der Waals surface area contributed by atoms with E-state index in [-0.39, 0.29) is 11.5 Å². The molecular weight excluding hydrogens is 376 g/mol. The zero-order valence-corrected chi connectivity index (χ0v) is 17.1. The van der Waals surface area contributed by atoms with E-state index >= 15 is 0 Å². The fraction of sp³-hybridized carbons (Fsp3) is 0.417. The SMILES string of the molecule is O=C(Cc1c[nH]c2ccccc12)N1CCCC2(CC(CNc3ccccn3)CO2)C1. The molecule has 2 atom stereocenters. The van der Waals surface area contributed by atoms with Gasteiger partial charge in [-0.15, -0.1) is 0 Å². The summed E-state index contributed by atoms with van der Waals surface area (Å²) in [6.45, 7) is 3.11. The number of benzene rings is 1. The second kappa shape index (κ2) is 8.11. The normalized spacial score (nSPS) is 23.9. The van der Waals surface area contributed by atoms with Crippen molar-refractivity contribution < 1.29 is 9.53 Å². The molecule has 2 aliphatic heterocycles. The van der Waals surface area contributed by atoms with Gasteiger partial charge in [0.25, 0.3) is 0 Å². The number of nitrogens with zero attached hydrogens (tertiary/aromatic N) is 2. The molecule has 2 unspecified atom stereocenters. The summed E-state index contributed by atoms with van der Waals surface area (Å²) in [6, 6.07) is 14.0. The minimum Gasteiger partial charge on any atom is -0.373 e. The Labute approximate surface area is 176 Å². The fourth-order valence-corrected chi connectivity index (χ4v) is 4.93. The zero-order chi connectivity index (χ0) is 20.4. The van der Waals surface area contributed by atoms with Gasteiger partial charge < -0.3 is 19.9 Å². The van der Waals surface area contributed by atoms with Crippen molar-refractivity contribution in [2.24, 2.45) is 5.92 Å². The molecule has 6 heteroatoms. The van der Waals surface area contributed by atoms with E-state index in [1.54, 1.807) is 6.20 Å². The van der Waals surface area contributed by atoms with Crippen LogP contribution in [0.5, 0.6) is 0 Å². The largest absolute Gasteiger partial charge is 0.373 e. The van der Waals surface area contributed by atoms with Crippen LogP contribution in [-0.2, 0) is 16.0 Å². The summed E-state index contributed by atoms with van der Waals surface area (Å²) in [7, 11) is 0. The molecule has 2 saturated heterocycles. The Bertz CT molecular complexity index is 1020. The van der Waals surface area contributed by atoms with Gasteiger partial charge in [-0.2, -0.15) is 0 Å². The molecule has 2 N–H and O–H groups in total. The van der Waals surface area contributed by atoms with Gasteiger partial charge in [0.15, 0.2) is 0 Å². The third kappa shape index (κ3) is 3.92. The summed E-state index contributed by atoms with van der Waals surface area (Å²) >= 11 is 0. The number of piperidine rings is 1. The molecule has 0 radical (unpaired) electrons. The molecular formula is C24H28N4O2. The van der Waals surface area contributed by atoms with E-state index in [0.29, 0.717) is 18.9 Å². The zero-order valence-electron chi connectivity index (χ0n) is 17.1. The Kier molecular flexibility index (Phi) is 5.17. The molecule has 2 fully saturated rings. The highest BCUT2D eigenvalue weighted by molar-refractivity contribution is 5.89. The number of para-hydroxylation sites is 1. The van der Waals surface area contributed by atoms with Crippen LogP contribution < -0.4 is 5.32 Å². The van der Waals surface area contributed by atoms with Crippen molar-refractivity contribution in [1.29, 1.82) is 0 Å². The second-order valence-corrected chi connectivity index (χ2v) is 8.62. The molecule has 30 heavy (non-hydrogen) atoms. The van der Waals surface area contributed by atoms with Crippen molar-refractivity contribution in [3.63, 3.8) is 0 Å². The number of likely N-dealkylation sites (tertiary alicyclic amines) is 1. The molecule has 156 valence electrons. The monoisotopic (exact) mass is 404 g/mol. The number of amides is 1. The quantitative estimate of drug-likeness (QED) is 0.682. The number of aromatic nitrogens is 2. The maximum atomic E-state index is 13.1. The Morgan fingerprint density at radius 2 is 2.17 bits per heavy atom. The van der Waals surface area contributed by atoms with E-state index in [1.165, 1.54) is 0 Å². The van der Waals surface area contributed by atoms with Crippen molar-refractivity contribution in [3.8, 4) is 0 Å². The minimum absolute atomic E-state index is 0.190. The van der Waals surface area contributed by atoms with E-state index in [9.17, 15) is 4.79 Å². The number of carbonyl (C=O) groups is 1. The summed E-state index contributed by atoms with van der Waals surface area (Å²) in [5, 5.41) is 4.55. The first kappa shape index (κ1) is 19.1. The number of aromatic amines is 1. The van der Waals surface area contributed by atoms with Crippen molar-refractivity contribution in [2.75, 3.05) is 31.6 Å². The predicted molar refractivity (Wildman–Crippen MR) is 117 cm³/mol. The molecule has 1 amide bonds. The van der Waals surface area contributed by atoms with Crippen molar-refractivity contribution >= 4 is 22.6 Å². The van der Waals surface area contributed by atoms with Crippen LogP contribution in [0.15, 0.2) is 54.9 Å². The molecule has 0 bridgehead atoms. The van der Waals surface area contributed by atoms with E-state index in [0.717, 1.165) is 61.2 Å². The number of hydrogen-bond acceptors (Lipinski definition) is 4. The average Bonchev–Trinajstić information content (AvgIpc) is 3.37. The lowest BCUT2D eigenvalue weighted by Crippen LogP contribution is -2.50. The van der Waals surface area contributed by atoms with Crippen LogP contribution >= 0.6 is 0 Å². The highest BCUT2D eigenvalue weighted by Crippen LogP contribution is 2.37. The number of pyridine rings is 1. The lowest BCUT2D eigenvalue weighted by atomic mass is 9.86. The average molecular weight is 405 g/mol. The predicted octanol–water partition coefficient (Wildman–Crippen LogP) is 3.62. The number of fused-ring (bicyclic) bond motifs is 1. The Morgan fingerprint density at radius 1 is 1.27 bits per heavy atom. The third-order valence-corrected chi connectivity index (χ3v) is 6.43. The Balaban J connectivity index is 1.20. The molecule has 1 spiro atoms. The first-order chi connectivity index (χ1) is 14.7. The lowest BCUT2D eigenvalue weighted by Gasteiger charge is -2.40. The molecule has 2 aliphatic rings. The first-order valence-electron chi connectivity index (χ1n) is 10.8. The Morgan fingerprint density at radius 3 is 3.07 bits per heavy atom. The lowest BCUT2D eigenvalue weighted by molar-refractivity contribution is -0.138. The van der Waals surface area contributed by atoms with Crippen LogP contribution in [0.4, 0.5) is 5.82 Å². The van der Waals surface area contributed by atoms with E-state index in [4.69, 9.17) is 4.74 Å². The summed E-state index contributed by atoms with van der Waals surface area (Å²) in [5.74, 6) is 1.53. The molecule has 0 aliphatic carbocycles. The summed E-state index contributed by atoms with van der Waals surface area (Å²) in [6.07, 6.45) is 7.22. The number of nitrogens with one attached hydrogen (secondary N) is 2. The molecule has 6 nitrogen and oxygen atoms in total. The minimum atomic E-state index is -0.190. The van der Waals surface area contributed by atoms with Crippen LogP contribution in [0, 0.1) is 5.92 Å². The van der Waals surface area contributed by atoms with Crippen LogP contribution in [0.1, 0.15) is 24.8 Å². The van der Waals surface area contributed by atoms with Crippen LogP contribution in [-0.4, -0.2) is 52.6 Å². The van der Waals surface area contributed by atoms with Gasteiger partial charge in [0.1, 0.15) is 5.82 Å². The van der Waals surface area contributed by atoms with Gasteiger partial charge in [-0.3, -0.25) is 4.79 Å². The number of carbonyl (C=O) groups excluding carboxylic acids is 1. The number of H-pyrrole nitrogens is 1. The molecule has 3 aromatic rings. The van der Waals surface area contributed by atoms with Crippen molar-refractivity contribution in [1.82, 2.24) is 14.9 Å². The molecule has 0 saturated carbocycles. The maximum Gasteiger partial charge on any atom is 0.227 e. The smallest absolute Gasteiger partial charge is 0.227 e. The van der Waals surface area contributed by atoms with Gasteiger partial charge in [0.2, 0.25) is 5.91 Å². The fourth-order valence-electron chi connectivity index (χ4n) is 4.93. The van der Waals surface area contributed by atoms with Gasteiger partial charge >= 0.3 is 0 Å². The molecule has 5 rings (SSSR count). The number of anilines is 1. The molecule has 2 aromatic heterocycles. The van der Waals surface area contributed by atoms with Crippen LogP contribution in [0.3, 0.4) is 0 Å². The molecule has 4 heterocycles. The molecule has 1 aromatic carbocycles. The van der Waals surface area contributed by atoms with Crippen molar-refractivity contribution in [2.45, 2.75) is 31.3 Å². The van der Waals surface area contributed by atoms with Gasteiger partial charge in [0, 0.05) is 48.8 Å². The second-order valence-electron chi connectivity index (χ2n) is 8.62. The van der Waals surface area contributed by atoms with E-state index in [2.05, 4.69) is 21.4 Å². The van der Waals surface area contributed by atoms with Gasteiger partial charge in [0.05, 0.1) is 18.6 Å². The van der Waals surface area contributed by atoms with Gasteiger partial charge in [-0.25, -0.2) is 4.98 Å². The number of hydrogen-bond donors (Lipinski definition) is 2. The number of ether oxygens (including phenoxy) is 1. The topological polar surface area (TPSA) is 70.2 Å². The van der Waals surface area contributed by atoms with E-state index in [1.807, 2.05) is 47.5 Å². The summed E-state index contributed by atoms with van der Waals surface area (Å²) < 4.78 is 6.31. The standard InChI is InChI=1S/C24H28N4O2/c29-23(12-19-15-26-21-7-2-1-6-20(19)21)28-11-5-9-24(17-28)13-18(16-30-24)14-27-22-8-3-4-10-25-22/h1-4,6-8,10,15,18,26H,5,9,11-14,16-17H2,(H,25,27). The highest BCUT2D eigenvalue weighted by Gasteiger charge is 2.44. The van der Waals surface area contributed by atoms with Crippen LogP contribution in [0.2, 0.25) is 0 Å². The van der Waals surface area contributed by atoms with Crippen LogP contribution in [0.25, 0.3) is 10.9 Å². The van der Waals surface area contributed by atoms with Crippen molar-refractivity contribution in [3.05, 3.63) is 60.4 Å². The first-order valence-corrected chi connectivity index (χ1v) is 10.8. The maximum absolute atomic E-state index is 13.1. The van der Waals surface area contributed by atoms with Gasteiger partial charge in [-0.1, -0.05) is 24.3 Å². The Hall–Kier alpha value is -2.86. The highest BCUT2D eigenvalue weighted by atomic mass is 16.5. The summed E-state index contributed by atoms with van der Waals surface area (Å²) in [5.41, 5.74) is 1.96. The number of rotatable bonds is 5. The van der Waals surface area contributed by atoms with E-state index < -0.39 is 0 Å².